The second-order valence-electron chi connectivity index (χ2n) is 9.29. The number of hydrogen-bond donors (Lipinski definition) is 2. The number of anilines is 1. The highest BCUT2D eigenvalue weighted by Gasteiger charge is 2.23. The van der Waals surface area contributed by atoms with Crippen molar-refractivity contribution in [1.82, 2.24) is 34.5 Å². The third-order valence-electron chi connectivity index (χ3n) is 6.59. The Hall–Kier alpha value is -5.69. The van der Waals surface area contributed by atoms with Gasteiger partial charge < -0.3 is 11.1 Å². The number of aryl methyl sites for hydroxylation is 1. The van der Waals surface area contributed by atoms with Crippen LogP contribution in [0.4, 0.5) is 5.82 Å². The zero-order valence-corrected chi connectivity index (χ0v) is 21.7. The molecular weight excluding hydrogens is 504 g/mol. The molecule has 0 radical (unpaired) electrons. The first-order chi connectivity index (χ1) is 19.4. The highest BCUT2D eigenvalue weighted by atomic mass is 16.2. The average molecular weight is 529 g/mol. The minimum Gasteiger partial charge on any atom is -0.381 e. The van der Waals surface area contributed by atoms with Gasteiger partial charge in [0.15, 0.2) is 5.82 Å². The molecule has 10 heteroatoms. The summed E-state index contributed by atoms with van der Waals surface area (Å²) < 4.78 is 4.60. The number of rotatable bonds is 4. The molecule has 6 rings (SSSR count). The topological polar surface area (TPSA) is 125 Å². The molecule has 0 saturated heterocycles. The van der Waals surface area contributed by atoms with E-state index in [4.69, 9.17) is 5.73 Å². The first-order valence-electron chi connectivity index (χ1n) is 12.6. The molecule has 0 aliphatic carbocycles. The summed E-state index contributed by atoms with van der Waals surface area (Å²) in [5.74, 6) is 5.82. The van der Waals surface area contributed by atoms with Crippen LogP contribution >= 0.6 is 0 Å². The second kappa shape index (κ2) is 9.89. The smallest absolute Gasteiger partial charge is 0.264 e. The van der Waals surface area contributed by atoms with Gasteiger partial charge in [0.05, 0.1) is 11.4 Å². The van der Waals surface area contributed by atoms with Crippen molar-refractivity contribution < 1.29 is 4.79 Å². The van der Waals surface area contributed by atoms with Gasteiger partial charge in [0.2, 0.25) is 0 Å². The number of amides is 1. The van der Waals surface area contributed by atoms with Crippen LogP contribution in [0.1, 0.15) is 40.3 Å². The van der Waals surface area contributed by atoms with Crippen molar-refractivity contribution in [1.29, 1.82) is 0 Å². The quantitative estimate of drug-likeness (QED) is 0.339. The van der Waals surface area contributed by atoms with Crippen LogP contribution in [0, 0.1) is 11.8 Å². The summed E-state index contributed by atoms with van der Waals surface area (Å²) in [6, 6.07) is 21.4. The molecule has 0 unspecified atom stereocenters. The van der Waals surface area contributed by atoms with Crippen LogP contribution in [-0.4, -0.2) is 35.1 Å². The normalized spacial score (nSPS) is 11.8. The SMILES string of the molecule is C[C@H](NC(=O)c1c(N)nn2ncccc12)c1cc2cccc(C#Cc3ccn(C)n3)c2c(=O)n1-c1ccccc1. The van der Waals surface area contributed by atoms with Gasteiger partial charge in [0.25, 0.3) is 11.5 Å². The van der Waals surface area contributed by atoms with Gasteiger partial charge in [-0.2, -0.15) is 10.2 Å². The lowest BCUT2D eigenvalue weighted by Crippen LogP contribution is -2.32. The molecule has 6 aromatic rings. The Bertz CT molecular complexity index is 2030. The summed E-state index contributed by atoms with van der Waals surface area (Å²) in [6.45, 7) is 1.82. The van der Waals surface area contributed by atoms with Crippen LogP contribution < -0.4 is 16.6 Å². The molecule has 0 fully saturated rings. The number of nitrogen functional groups attached to an aromatic ring is 1. The fraction of sp³-hybridized carbons (Fsp3) is 0.100. The molecule has 1 amide bonds. The van der Waals surface area contributed by atoms with Gasteiger partial charge in [-0.25, -0.2) is 0 Å². The van der Waals surface area contributed by atoms with Gasteiger partial charge in [0, 0.05) is 36.4 Å². The molecule has 4 heterocycles. The molecule has 4 aromatic heterocycles. The third kappa shape index (κ3) is 4.35. The molecule has 3 N–H and O–H groups in total. The van der Waals surface area contributed by atoms with Crippen molar-refractivity contribution in [2.24, 2.45) is 7.05 Å². The maximum atomic E-state index is 14.2. The van der Waals surface area contributed by atoms with Crippen LogP contribution in [0.25, 0.3) is 22.0 Å². The Morgan fingerprint density at radius 2 is 1.82 bits per heavy atom. The second-order valence-corrected chi connectivity index (χ2v) is 9.29. The summed E-state index contributed by atoms with van der Waals surface area (Å²) in [5, 5.41) is 16.7. The van der Waals surface area contributed by atoms with E-state index in [1.807, 2.05) is 80.8 Å². The molecule has 0 aliphatic heterocycles. The molecule has 0 spiro atoms. The van der Waals surface area contributed by atoms with Gasteiger partial charge in [-0.05, 0) is 60.7 Å². The molecule has 1 atom stereocenters. The Morgan fingerprint density at radius 1 is 1.00 bits per heavy atom. The fourth-order valence-corrected chi connectivity index (χ4v) is 4.75. The number of carbonyl (C=O) groups excluding carboxylic acids is 1. The van der Waals surface area contributed by atoms with Crippen molar-refractivity contribution >= 4 is 28.0 Å². The van der Waals surface area contributed by atoms with E-state index in [1.54, 1.807) is 27.6 Å². The van der Waals surface area contributed by atoms with Crippen molar-refractivity contribution in [3.63, 3.8) is 0 Å². The standard InChI is InChI=1S/C30H24N8O2/c1-19(33-29(39)27-24-12-7-16-32-38(24)35-28(27)31)25-18-21-9-6-8-20(13-14-22-15-17-36(2)34-22)26(21)30(40)37(25)23-10-4-3-5-11-23/h3-12,15-19H,1-2H3,(H2,31,35)(H,33,39)/t19-/m0/s1. The summed E-state index contributed by atoms with van der Waals surface area (Å²) in [7, 11) is 1.82. The maximum Gasteiger partial charge on any atom is 0.264 e. The number of carbonyl (C=O) groups is 1. The van der Waals surface area contributed by atoms with E-state index < -0.39 is 11.9 Å². The monoisotopic (exact) mass is 528 g/mol. The van der Waals surface area contributed by atoms with E-state index in [0.29, 0.717) is 38.9 Å². The first kappa shape index (κ1) is 24.6. The van der Waals surface area contributed by atoms with E-state index in [-0.39, 0.29) is 16.9 Å². The van der Waals surface area contributed by atoms with Gasteiger partial charge in [-0.15, -0.1) is 9.73 Å². The molecule has 0 saturated carbocycles. The highest BCUT2D eigenvalue weighted by Crippen LogP contribution is 2.24. The van der Waals surface area contributed by atoms with Crippen LogP contribution in [0.3, 0.4) is 0 Å². The third-order valence-corrected chi connectivity index (χ3v) is 6.59. The van der Waals surface area contributed by atoms with E-state index in [0.717, 1.165) is 0 Å². The molecular formula is C30H24N8O2. The molecule has 0 aliphatic rings. The molecule has 2 aromatic carbocycles. The van der Waals surface area contributed by atoms with Gasteiger partial charge in [-0.1, -0.05) is 36.3 Å². The first-order valence-corrected chi connectivity index (χ1v) is 12.6. The Morgan fingerprint density at radius 3 is 2.60 bits per heavy atom. The van der Waals surface area contributed by atoms with E-state index >= 15 is 0 Å². The number of nitrogens with one attached hydrogen (secondary N) is 1. The lowest BCUT2D eigenvalue weighted by molar-refractivity contribution is 0.0941. The maximum absolute atomic E-state index is 14.2. The molecule has 0 bridgehead atoms. The van der Waals surface area contributed by atoms with Crippen molar-refractivity contribution in [3.05, 3.63) is 118 Å². The van der Waals surface area contributed by atoms with Crippen LogP contribution in [0.2, 0.25) is 0 Å². The number of nitrogens with two attached hydrogens (primary N) is 1. The van der Waals surface area contributed by atoms with Crippen molar-refractivity contribution in [2.45, 2.75) is 13.0 Å². The largest absolute Gasteiger partial charge is 0.381 e. The van der Waals surface area contributed by atoms with Gasteiger partial charge in [-0.3, -0.25) is 18.8 Å². The van der Waals surface area contributed by atoms with Crippen molar-refractivity contribution in [2.75, 3.05) is 5.73 Å². The predicted molar refractivity (Wildman–Crippen MR) is 152 cm³/mol. The lowest BCUT2D eigenvalue weighted by Gasteiger charge is -2.21. The molecule has 10 nitrogen and oxygen atoms in total. The average Bonchev–Trinajstić information content (AvgIpc) is 3.53. The van der Waals surface area contributed by atoms with E-state index in [9.17, 15) is 9.59 Å². The minimum absolute atomic E-state index is 0.0680. The van der Waals surface area contributed by atoms with E-state index in [1.165, 1.54) is 4.63 Å². The number of hydrogen-bond acceptors (Lipinski definition) is 6. The van der Waals surface area contributed by atoms with Crippen LogP contribution in [0.5, 0.6) is 0 Å². The molecule has 40 heavy (non-hydrogen) atoms. The van der Waals surface area contributed by atoms with Gasteiger partial charge in [0.1, 0.15) is 16.8 Å². The predicted octanol–water partition coefficient (Wildman–Crippen LogP) is 3.24. The summed E-state index contributed by atoms with van der Waals surface area (Å²) >= 11 is 0. The van der Waals surface area contributed by atoms with Crippen molar-refractivity contribution in [3.8, 4) is 17.5 Å². The Balaban J connectivity index is 1.48. The zero-order valence-electron chi connectivity index (χ0n) is 21.7. The minimum atomic E-state index is -0.570. The Labute approximate surface area is 228 Å². The lowest BCUT2D eigenvalue weighted by atomic mass is 10.0. The van der Waals surface area contributed by atoms with Gasteiger partial charge >= 0.3 is 0 Å². The highest BCUT2D eigenvalue weighted by molar-refractivity contribution is 6.05. The summed E-state index contributed by atoms with van der Waals surface area (Å²) in [4.78, 5) is 27.6. The number of fused-ring (bicyclic) bond motifs is 2. The van der Waals surface area contributed by atoms with Crippen LogP contribution in [-0.2, 0) is 7.05 Å². The number of para-hydroxylation sites is 1. The Kier molecular flexibility index (Phi) is 6.09. The number of nitrogens with zero attached hydrogens (tertiary/aromatic N) is 6. The van der Waals surface area contributed by atoms with Crippen LogP contribution in [0.15, 0.2) is 90.0 Å². The summed E-state index contributed by atoms with van der Waals surface area (Å²) in [5.41, 5.74) is 9.00. The number of pyridine rings is 1. The zero-order chi connectivity index (χ0) is 27.8. The number of benzene rings is 2. The number of aromatic nitrogens is 6. The fourth-order valence-electron chi connectivity index (χ4n) is 4.75. The molecule has 196 valence electrons. The summed E-state index contributed by atoms with van der Waals surface area (Å²) in [6.07, 6.45) is 3.38. The van der Waals surface area contributed by atoms with E-state index in [2.05, 4.69) is 32.5 Å².